The van der Waals surface area contributed by atoms with Crippen LogP contribution >= 0.6 is 0 Å². The summed E-state index contributed by atoms with van der Waals surface area (Å²) >= 11 is 0. The molecule has 1 spiro atoms. The van der Waals surface area contributed by atoms with Gasteiger partial charge in [0.2, 0.25) is 5.91 Å². The number of amides is 1. The van der Waals surface area contributed by atoms with E-state index < -0.39 is 11.3 Å². The number of nitrogens with zero attached hydrogens (tertiary/aromatic N) is 3. The molecule has 2 aromatic carbocycles. The third kappa shape index (κ3) is 2.54. The molecule has 2 aliphatic heterocycles. The number of hydrogen-bond donors (Lipinski definition) is 1. The van der Waals surface area contributed by atoms with Crippen LogP contribution in [0.2, 0.25) is 0 Å². The summed E-state index contributed by atoms with van der Waals surface area (Å²) in [5, 5.41) is 13.5. The van der Waals surface area contributed by atoms with E-state index in [0.717, 1.165) is 0 Å². The molecule has 3 aliphatic rings. The van der Waals surface area contributed by atoms with Crippen LogP contribution in [-0.2, 0) is 15.0 Å². The SMILES string of the molecule is N#CC1=C(n2cccc2)N(c2ccc(F)cc2)C2=C(C(=O)CCC2)C12C(=O)Nc1ccccc12. The van der Waals surface area contributed by atoms with E-state index in [1.54, 1.807) is 41.2 Å². The lowest BCUT2D eigenvalue weighted by molar-refractivity contribution is -0.122. The zero-order valence-electron chi connectivity index (χ0n) is 18.1. The lowest BCUT2D eigenvalue weighted by atomic mass is 9.63. The Balaban J connectivity index is 1.78. The number of nitriles is 1. The van der Waals surface area contributed by atoms with Gasteiger partial charge in [0.25, 0.3) is 0 Å². The third-order valence-corrected chi connectivity index (χ3v) is 6.81. The maximum Gasteiger partial charge on any atom is 0.245 e. The highest BCUT2D eigenvalue weighted by atomic mass is 19.1. The number of rotatable bonds is 2. The van der Waals surface area contributed by atoms with E-state index >= 15 is 0 Å². The van der Waals surface area contributed by atoms with E-state index in [0.29, 0.717) is 53.3 Å². The molecule has 1 amide bonds. The maximum absolute atomic E-state index is 13.8. The van der Waals surface area contributed by atoms with E-state index in [1.165, 1.54) is 12.1 Å². The standard InChI is InChI=1S/C27H19FN4O2/c28-17-10-12-18(13-11-17)32-22-8-5-9-23(33)24(22)27(19-6-1-2-7-21(19)30-26(27)34)20(16-29)25(32)31-14-3-4-15-31/h1-4,6-7,10-15H,5,8-9H2,(H,30,34). The van der Waals surface area contributed by atoms with Gasteiger partial charge in [-0.05, 0) is 55.3 Å². The molecule has 0 saturated carbocycles. The van der Waals surface area contributed by atoms with Crippen molar-refractivity contribution < 1.29 is 14.0 Å². The highest BCUT2D eigenvalue weighted by molar-refractivity contribution is 6.21. The summed E-state index contributed by atoms with van der Waals surface area (Å²) in [6, 6.07) is 19.1. The molecule has 0 saturated heterocycles. The molecule has 1 unspecified atom stereocenters. The molecular formula is C27H19FN4O2. The number of carbonyl (C=O) groups is 2. The highest BCUT2D eigenvalue weighted by Crippen LogP contribution is 2.56. The van der Waals surface area contributed by atoms with E-state index in [2.05, 4.69) is 11.4 Å². The van der Waals surface area contributed by atoms with Crippen LogP contribution in [0, 0.1) is 17.1 Å². The minimum atomic E-state index is -1.55. The maximum atomic E-state index is 13.8. The predicted octanol–water partition coefficient (Wildman–Crippen LogP) is 4.74. The molecule has 1 atom stereocenters. The summed E-state index contributed by atoms with van der Waals surface area (Å²) in [5.41, 5.74) is 1.41. The van der Waals surface area contributed by atoms with Crippen LogP contribution < -0.4 is 10.2 Å². The Morgan fingerprint density at radius 3 is 2.44 bits per heavy atom. The number of fused-ring (bicyclic) bond motifs is 3. The number of para-hydroxylation sites is 1. The molecule has 1 aliphatic carbocycles. The van der Waals surface area contributed by atoms with Crippen LogP contribution in [0.4, 0.5) is 15.8 Å². The van der Waals surface area contributed by atoms with E-state index in [-0.39, 0.29) is 17.2 Å². The van der Waals surface area contributed by atoms with Crippen molar-refractivity contribution in [1.82, 2.24) is 4.57 Å². The first-order valence-electron chi connectivity index (χ1n) is 11.1. The normalized spacial score (nSPS) is 21.5. The molecule has 3 heterocycles. The molecule has 3 aromatic rings. The van der Waals surface area contributed by atoms with Crippen LogP contribution in [0.5, 0.6) is 0 Å². The van der Waals surface area contributed by atoms with Gasteiger partial charge in [-0.3, -0.25) is 14.5 Å². The fourth-order valence-electron chi connectivity index (χ4n) is 5.49. The number of Topliss-reactive ketones (excluding diaryl/α,β-unsaturated/α-hetero) is 1. The van der Waals surface area contributed by atoms with Gasteiger partial charge in [0.05, 0.1) is 5.57 Å². The second kappa shape index (κ2) is 7.29. The number of nitrogens with one attached hydrogen (secondary N) is 1. The zero-order valence-corrected chi connectivity index (χ0v) is 18.1. The Bertz CT molecular complexity index is 1460. The minimum Gasteiger partial charge on any atom is -0.324 e. The molecule has 0 bridgehead atoms. The van der Waals surface area contributed by atoms with Crippen molar-refractivity contribution in [3.8, 4) is 6.07 Å². The highest BCUT2D eigenvalue weighted by Gasteiger charge is 2.60. The van der Waals surface area contributed by atoms with Gasteiger partial charge in [-0.1, -0.05) is 18.2 Å². The molecule has 166 valence electrons. The van der Waals surface area contributed by atoms with E-state index in [9.17, 15) is 19.2 Å². The number of carbonyl (C=O) groups excluding carboxylic acids is 2. The number of allylic oxidation sites excluding steroid dienone is 1. The first kappa shape index (κ1) is 20.2. The number of benzene rings is 2. The summed E-state index contributed by atoms with van der Waals surface area (Å²) in [6.45, 7) is 0. The topological polar surface area (TPSA) is 78.1 Å². The van der Waals surface area contributed by atoms with Crippen LogP contribution in [0.3, 0.4) is 0 Å². The summed E-state index contributed by atoms with van der Waals surface area (Å²) in [7, 11) is 0. The Morgan fingerprint density at radius 1 is 0.971 bits per heavy atom. The fourth-order valence-corrected chi connectivity index (χ4v) is 5.49. The molecule has 34 heavy (non-hydrogen) atoms. The number of anilines is 2. The largest absolute Gasteiger partial charge is 0.324 e. The van der Waals surface area contributed by atoms with Crippen molar-refractivity contribution in [1.29, 1.82) is 5.26 Å². The van der Waals surface area contributed by atoms with Gasteiger partial charge in [-0.25, -0.2) is 4.39 Å². The minimum absolute atomic E-state index is 0.153. The monoisotopic (exact) mass is 450 g/mol. The number of ketones is 1. The number of halogens is 1. The van der Waals surface area contributed by atoms with E-state index in [4.69, 9.17) is 0 Å². The van der Waals surface area contributed by atoms with Crippen LogP contribution in [0.15, 0.2) is 89.9 Å². The Kier molecular flexibility index (Phi) is 4.33. The van der Waals surface area contributed by atoms with Crippen LogP contribution in [0.1, 0.15) is 24.8 Å². The van der Waals surface area contributed by atoms with Gasteiger partial charge >= 0.3 is 0 Å². The predicted molar refractivity (Wildman–Crippen MR) is 125 cm³/mol. The van der Waals surface area contributed by atoms with Crippen molar-refractivity contribution in [2.75, 3.05) is 10.2 Å². The first-order chi connectivity index (χ1) is 16.6. The molecule has 1 aromatic heterocycles. The van der Waals surface area contributed by atoms with Crippen LogP contribution in [0.25, 0.3) is 5.82 Å². The van der Waals surface area contributed by atoms with Crippen LogP contribution in [-0.4, -0.2) is 16.3 Å². The smallest absolute Gasteiger partial charge is 0.245 e. The summed E-state index contributed by atoms with van der Waals surface area (Å²) in [5.74, 6) is -0.488. The van der Waals surface area contributed by atoms with Crippen molar-refractivity contribution in [3.05, 3.63) is 101 Å². The second-order valence-electron chi connectivity index (χ2n) is 8.56. The molecule has 0 fully saturated rings. The summed E-state index contributed by atoms with van der Waals surface area (Å²) < 4.78 is 15.6. The molecule has 0 radical (unpaired) electrons. The average Bonchev–Trinajstić information content (AvgIpc) is 3.47. The summed E-state index contributed by atoms with van der Waals surface area (Å²) in [6.07, 6.45) is 5.05. The second-order valence-corrected chi connectivity index (χ2v) is 8.56. The zero-order chi connectivity index (χ0) is 23.4. The lowest BCUT2D eigenvalue weighted by Gasteiger charge is -2.44. The Labute approximate surface area is 195 Å². The van der Waals surface area contributed by atoms with Gasteiger partial charge in [0.1, 0.15) is 23.1 Å². The molecular weight excluding hydrogens is 431 g/mol. The summed E-state index contributed by atoms with van der Waals surface area (Å²) in [4.78, 5) is 29.2. The van der Waals surface area contributed by atoms with Gasteiger partial charge in [0.15, 0.2) is 5.78 Å². The van der Waals surface area contributed by atoms with Crippen molar-refractivity contribution in [2.45, 2.75) is 24.7 Å². The molecule has 1 N–H and O–H groups in total. The van der Waals surface area contributed by atoms with Gasteiger partial charge in [0, 0.05) is 47.0 Å². The number of aromatic nitrogens is 1. The molecule has 7 heteroatoms. The average molecular weight is 450 g/mol. The quantitative estimate of drug-likeness (QED) is 0.612. The Hall–Kier alpha value is -4.44. The first-order valence-corrected chi connectivity index (χ1v) is 11.1. The van der Waals surface area contributed by atoms with Gasteiger partial charge in [-0.15, -0.1) is 0 Å². The van der Waals surface area contributed by atoms with Gasteiger partial charge < -0.3 is 9.88 Å². The molecule has 6 nitrogen and oxygen atoms in total. The third-order valence-electron chi connectivity index (χ3n) is 6.81. The van der Waals surface area contributed by atoms with Crippen molar-refractivity contribution in [3.63, 3.8) is 0 Å². The van der Waals surface area contributed by atoms with E-state index in [1.807, 2.05) is 29.2 Å². The lowest BCUT2D eigenvalue weighted by Crippen LogP contribution is -2.49. The molecule has 6 rings (SSSR count). The Morgan fingerprint density at radius 2 is 1.71 bits per heavy atom. The van der Waals surface area contributed by atoms with Crippen molar-refractivity contribution >= 4 is 28.9 Å². The number of hydrogen-bond acceptors (Lipinski definition) is 4. The van der Waals surface area contributed by atoms with Crippen molar-refractivity contribution in [2.24, 2.45) is 0 Å². The van der Waals surface area contributed by atoms with Gasteiger partial charge in [-0.2, -0.15) is 5.26 Å². The fraction of sp³-hybridized carbons (Fsp3) is 0.148.